The summed E-state index contributed by atoms with van der Waals surface area (Å²) in [5.74, 6) is 0.342. The standard InChI is InChI=1S/C13H26N2O3S/c1-2-18-11-12-6-5-9-15(10-12)19(16,17)14-13-7-3-4-8-13/h12-14H,2-11H2,1H3. The van der Waals surface area contributed by atoms with Crippen LogP contribution in [0.2, 0.25) is 0 Å². The molecule has 2 rings (SSSR count). The van der Waals surface area contributed by atoms with Gasteiger partial charge in [-0.15, -0.1) is 0 Å². The molecule has 1 N–H and O–H groups in total. The first kappa shape index (κ1) is 15.2. The zero-order valence-electron chi connectivity index (χ0n) is 11.8. The molecule has 1 saturated heterocycles. The highest BCUT2D eigenvalue weighted by atomic mass is 32.2. The summed E-state index contributed by atoms with van der Waals surface area (Å²) in [6, 6.07) is 0.150. The quantitative estimate of drug-likeness (QED) is 0.807. The molecule has 5 nitrogen and oxygen atoms in total. The molecule has 0 amide bonds. The van der Waals surface area contributed by atoms with Gasteiger partial charge in [-0.05, 0) is 38.5 Å². The molecular formula is C13H26N2O3S. The lowest BCUT2D eigenvalue weighted by Crippen LogP contribution is -2.49. The molecule has 1 heterocycles. The SMILES string of the molecule is CCOCC1CCCN(S(=O)(=O)NC2CCCC2)C1. The minimum Gasteiger partial charge on any atom is -0.381 e. The second kappa shape index (κ2) is 7.02. The van der Waals surface area contributed by atoms with Gasteiger partial charge in [-0.2, -0.15) is 17.4 Å². The van der Waals surface area contributed by atoms with Crippen molar-refractivity contribution in [2.75, 3.05) is 26.3 Å². The minimum absolute atomic E-state index is 0.150. The van der Waals surface area contributed by atoms with Gasteiger partial charge < -0.3 is 4.74 Å². The van der Waals surface area contributed by atoms with Crippen molar-refractivity contribution in [3.05, 3.63) is 0 Å². The largest absolute Gasteiger partial charge is 0.381 e. The van der Waals surface area contributed by atoms with E-state index in [-0.39, 0.29) is 6.04 Å². The number of ether oxygens (including phenoxy) is 1. The van der Waals surface area contributed by atoms with E-state index < -0.39 is 10.2 Å². The molecule has 1 aliphatic heterocycles. The van der Waals surface area contributed by atoms with Gasteiger partial charge in [-0.1, -0.05) is 12.8 Å². The van der Waals surface area contributed by atoms with Crippen LogP contribution in [-0.2, 0) is 14.9 Å². The van der Waals surface area contributed by atoms with Crippen molar-refractivity contribution in [2.24, 2.45) is 5.92 Å². The third-order valence-electron chi connectivity index (χ3n) is 4.05. The number of nitrogens with zero attached hydrogens (tertiary/aromatic N) is 1. The zero-order valence-corrected chi connectivity index (χ0v) is 12.6. The van der Waals surface area contributed by atoms with Crippen LogP contribution in [0.1, 0.15) is 45.4 Å². The molecule has 0 aromatic rings. The van der Waals surface area contributed by atoms with Crippen LogP contribution in [-0.4, -0.2) is 45.1 Å². The van der Waals surface area contributed by atoms with Crippen molar-refractivity contribution < 1.29 is 13.2 Å². The monoisotopic (exact) mass is 290 g/mol. The fourth-order valence-corrected chi connectivity index (χ4v) is 4.58. The Balaban J connectivity index is 1.87. The Hall–Kier alpha value is -0.170. The second-order valence-electron chi connectivity index (χ2n) is 5.63. The molecule has 0 radical (unpaired) electrons. The zero-order chi connectivity index (χ0) is 13.7. The molecule has 0 bridgehead atoms. The average Bonchev–Trinajstić information content (AvgIpc) is 2.89. The summed E-state index contributed by atoms with van der Waals surface area (Å²) in [7, 11) is -3.30. The fourth-order valence-electron chi connectivity index (χ4n) is 2.99. The van der Waals surface area contributed by atoms with Crippen LogP contribution in [0.25, 0.3) is 0 Å². The molecule has 0 aromatic carbocycles. The lowest BCUT2D eigenvalue weighted by atomic mass is 10.0. The minimum atomic E-state index is -3.30. The summed E-state index contributed by atoms with van der Waals surface area (Å²) in [6.45, 7) is 4.58. The van der Waals surface area contributed by atoms with Gasteiger partial charge in [-0.25, -0.2) is 0 Å². The Morgan fingerprint density at radius 3 is 2.63 bits per heavy atom. The number of hydrogen-bond acceptors (Lipinski definition) is 3. The van der Waals surface area contributed by atoms with Crippen LogP contribution < -0.4 is 4.72 Å². The van der Waals surface area contributed by atoms with Crippen LogP contribution in [0.4, 0.5) is 0 Å². The van der Waals surface area contributed by atoms with Crippen LogP contribution in [0, 0.1) is 5.92 Å². The lowest BCUT2D eigenvalue weighted by molar-refractivity contribution is 0.0861. The molecule has 6 heteroatoms. The van der Waals surface area contributed by atoms with E-state index in [2.05, 4.69) is 4.72 Å². The molecule has 0 aromatic heterocycles. The summed E-state index contributed by atoms with van der Waals surface area (Å²) >= 11 is 0. The highest BCUT2D eigenvalue weighted by Gasteiger charge is 2.31. The predicted molar refractivity (Wildman–Crippen MR) is 75.1 cm³/mol. The first-order valence-electron chi connectivity index (χ1n) is 7.47. The molecular weight excluding hydrogens is 264 g/mol. The molecule has 1 unspecified atom stereocenters. The van der Waals surface area contributed by atoms with Crippen molar-refractivity contribution in [2.45, 2.75) is 51.5 Å². The van der Waals surface area contributed by atoms with Crippen LogP contribution in [0.3, 0.4) is 0 Å². The molecule has 2 fully saturated rings. The maximum absolute atomic E-state index is 12.3. The van der Waals surface area contributed by atoms with E-state index in [1.165, 1.54) is 0 Å². The molecule has 1 aliphatic carbocycles. The van der Waals surface area contributed by atoms with Crippen LogP contribution in [0.15, 0.2) is 0 Å². The number of hydrogen-bond donors (Lipinski definition) is 1. The third-order valence-corrected chi connectivity index (χ3v) is 5.69. The van der Waals surface area contributed by atoms with E-state index in [9.17, 15) is 8.42 Å². The van der Waals surface area contributed by atoms with Gasteiger partial charge in [0.25, 0.3) is 10.2 Å². The Morgan fingerprint density at radius 1 is 1.21 bits per heavy atom. The summed E-state index contributed by atoms with van der Waals surface area (Å²) in [4.78, 5) is 0. The first-order valence-corrected chi connectivity index (χ1v) is 8.91. The maximum atomic E-state index is 12.3. The van der Waals surface area contributed by atoms with Gasteiger partial charge in [0.05, 0.1) is 6.61 Å². The second-order valence-corrected chi connectivity index (χ2v) is 7.33. The number of rotatable bonds is 6. The molecule has 0 spiro atoms. The van der Waals surface area contributed by atoms with Gasteiger partial charge in [0.1, 0.15) is 0 Å². The highest BCUT2D eigenvalue weighted by Crippen LogP contribution is 2.22. The summed E-state index contributed by atoms with van der Waals surface area (Å²) < 4.78 is 34.6. The Morgan fingerprint density at radius 2 is 1.95 bits per heavy atom. The third kappa shape index (κ3) is 4.41. The van der Waals surface area contributed by atoms with Crippen molar-refractivity contribution in [3.63, 3.8) is 0 Å². The summed E-state index contributed by atoms with van der Waals surface area (Å²) in [5.41, 5.74) is 0. The van der Waals surface area contributed by atoms with Crippen LogP contribution in [0.5, 0.6) is 0 Å². The predicted octanol–water partition coefficient (Wildman–Crippen LogP) is 1.51. The van der Waals surface area contributed by atoms with Gasteiger partial charge >= 0.3 is 0 Å². The molecule has 19 heavy (non-hydrogen) atoms. The first-order chi connectivity index (χ1) is 9.12. The van der Waals surface area contributed by atoms with E-state index in [0.29, 0.717) is 32.2 Å². The van der Waals surface area contributed by atoms with Gasteiger partial charge in [-0.3, -0.25) is 0 Å². The van der Waals surface area contributed by atoms with Crippen molar-refractivity contribution in [1.82, 2.24) is 9.03 Å². The van der Waals surface area contributed by atoms with Gasteiger partial charge in [0.2, 0.25) is 0 Å². The number of nitrogens with one attached hydrogen (secondary N) is 1. The summed E-state index contributed by atoms with van der Waals surface area (Å²) in [6.07, 6.45) is 6.24. The van der Waals surface area contributed by atoms with Crippen molar-refractivity contribution >= 4 is 10.2 Å². The van der Waals surface area contributed by atoms with Crippen molar-refractivity contribution in [3.8, 4) is 0 Å². The van der Waals surface area contributed by atoms with E-state index in [1.807, 2.05) is 6.92 Å². The van der Waals surface area contributed by atoms with E-state index in [0.717, 1.165) is 38.5 Å². The maximum Gasteiger partial charge on any atom is 0.279 e. The van der Waals surface area contributed by atoms with Gasteiger partial charge in [0.15, 0.2) is 0 Å². The molecule has 2 aliphatic rings. The van der Waals surface area contributed by atoms with E-state index in [4.69, 9.17) is 4.74 Å². The van der Waals surface area contributed by atoms with E-state index in [1.54, 1.807) is 4.31 Å². The number of piperidine rings is 1. The van der Waals surface area contributed by atoms with Crippen LogP contribution >= 0.6 is 0 Å². The molecule has 1 saturated carbocycles. The highest BCUT2D eigenvalue weighted by molar-refractivity contribution is 7.87. The van der Waals surface area contributed by atoms with E-state index >= 15 is 0 Å². The summed E-state index contributed by atoms with van der Waals surface area (Å²) in [5, 5.41) is 0. The topological polar surface area (TPSA) is 58.6 Å². The van der Waals surface area contributed by atoms with Crippen molar-refractivity contribution in [1.29, 1.82) is 0 Å². The Bertz CT molecular complexity index is 366. The smallest absolute Gasteiger partial charge is 0.279 e. The molecule has 112 valence electrons. The Kier molecular flexibility index (Phi) is 5.62. The lowest BCUT2D eigenvalue weighted by Gasteiger charge is -2.32. The average molecular weight is 290 g/mol. The molecule has 1 atom stereocenters. The normalized spacial score (nSPS) is 26.9. The van der Waals surface area contributed by atoms with Gasteiger partial charge in [0, 0.05) is 25.7 Å². The fraction of sp³-hybridized carbons (Fsp3) is 1.00. The Labute approximate surface area is 116 Å².